The van der Waals surface area contributed by atoms with Gasteiger partial charge in [-0.3, -0.25) is 0 Å². The number of rotatable bonds is 3. The molecule has 0 aliphatic carbocycles. The Hall–Kier alpha value is -2.98. The highest BCUT2D eigenvalue weighted by Crippen LogP contribution is 2.32. The van der Waals surface area contributed by atoms with Crippen molar-refractivity contribution in [2.45, 2.75) is 4.90 Å². The van der Waals surface area contributed by atoms with E-state index < -0.39 is 10.0 Å². The van der Waals surface area contributed by atoms with E-state index in [0.717, 1.165) is 5.52 Å². The Bertz CT molecular complexity index is 1120. The maximum absolute atomic E-state index is 12.0. The van der Waals surface area contributed by atoms with Crippen molar-refractivity contribution in [3.63, 3.8) is 0 Å². The van der Waals surface area contributed by atoms with Crippen molar-refractivity contribution in [3.8, 4) is 11.1 Å². The molecule has 0 radical (unpaired) electrons. The van der Waals surface area contributed by atoms with Gasteiger partial charge in [-0.05, 0) is 23.8 Å². The molecule has 0 atom stereocenters. The molecule has 0 fully saturated rings. The molecule has 0 unspecified atom stereocenters. The number of nitrogens with two attached hydrogens (primary N) is 1. The summed E-state index contributed by atoms with van der Waals surface area (Å²) in [5, 5.41) is 21.4. The number of amidine groups is 1. The smallest absolute Gasteiger partial charge is 0.238 e. The second kappa shape index (κ2) is 5.28. The van der Waals surface area contributed by atoms with E-state index in [4.69, 9.17) is 5.14 Å². The highest BCUT2D eigenvalue weighted by Gasteiger charge is 2.24. The third-order valence-corrected chi connectivity index (χ3v) is 4.55. The lowest BCUT2D eigenvalue weighted by atomic mass is 10.00. The second-order valence-electron chi connectivity index (χ2n) is 5.04. The van der Waals surface area contributed by atoms with Gasteiger partial charge in [-0.15, -0.1) is 5.11 Å². The van der Waals surface area contributed by atoms with E-state index in [0.29, 0.717) is 16.7 Å². The zero-order valence-electron chi connectivity index (χ0n) is 12.2. The van der Waals surface area contributed by atoms with Gasteiger partial charge < -0.3 is 0 Å². The third kappa shape index (κ3) is 2.28. The predicted molar refractivity (Wildman–Crippen MR) is 86.1 cm³/mol. The number of fused-ring (bicyclic) bond motifs is 1. The number of benzene rings is 1. The topological polar surface area (TPSA) is 127 Å². The Labute approximate surface area is 136 Å². The fraction of sp³-hybridized carbons (Fsp3) is 0.0714. The fourth-order valence-electron chi connectivity index (χ4n) is 2.62. The van der Waals surface area contributed by atoms with E-state index in [2.05, 4.69) is 25.4 Å². The van der Waals surface area contributed by atoms with Gasteiger partial charge in [-0.1, -0.05) is 12.1 Å². The van der Waals surface area contributed by atoms with Crippen molar-refractivity contribution in [1.29, 1.82) is 0 Å². The first-order valence-corrected chi connectivity index (χ1v) is 8.48. The summed E-state index contributed by atoms with van der Waals surface area (Å²) >= 11 is 0. The van der Waals surface area contributed by atoms with Gasteiger partial charge in [0, 0.05) is 17.3 Å². The Balaban J connectivity index is 2.08. The summed E-state index contributed by atoms with van der Waals surface area (Å²) in [4.78, 5) is 4.10. The summed E-state index contributed by atoms with van der Waals surface area (Å²) in [5.41, 5.74) is 2.35. The molecule has 24 heavy (non-hydrogen) atoms. The minimum absolute atomic E-state index is 0.0529. The first-order chi connectivity index (χ1) is 11.6. The Kier molecular flexibility index (Phi) is 3.22. The van der Waals surface area contributed by atoms with Crippen LogP contribution in [-0.2, 0) is 10.0 Å². The summed E-state index contributed by atoms with van der Waals surface area (Å²) in [6.45, 7) is 0.157. The molecule has 0 saturated heterocycles. The summed E-state index contributed by atoms with van der Waals surface area (Å²) in [6.07, 6.45) is 3.22. The van der Waals surface area contributed by atoms with Gasteiger partial charge in [0.2, 0.25) is 10.0 Å². The number of sulfonamides is 1. The van der Waals surface area contributed by atoms with Crippen LogP contribution in [0.2, 0.25) is 0 Å². The maximum atomic E-state index is 12.0. The molecule has 0 spiro atoms. The van der Waals surface area contributed by atoms with Gasteiger partial charge in [-0.25, -0.2) is 18.5 Å². The summed E-state index contributed by atoms with van der Waals surface area (Å²) in [7, 11) is -3.96. The molecule has 3 heterocycles. The van der Waals surface area contributed by atoms with Crippen LogP contribution in [0.25, 0.3) is 16.6 Å². The minimum atomic E-state index is -3.96. The van der Waals surface area contributed by atoms with E-state index in [1.54, 1.807) is 30.6 Å². The van der Waals surface area contributed by atoms with Gasteiger partial charge in [0.1, 0.15) is 0 Å². The molecular weight excluding hydrogens is 330 g/mol. The average Bonchev–Trinajstić information content (AvgIpc) is 3.23. The second-order valence-corrected chi connectivity index (χ2v) is 6.57. The van der Waals surface area contributed by atoms with Crippen LogP contribution in [0.4, 0.5) is 0 Å². The van der Waals surface area contributed by atoms with Gasteiger partial charge in [-0.2, -0.15) is 19.9 Å². The number of primary sulfonamides is 1. The minimum Gasteiger partial charge on any atom is -0.239 e. The summed E-state index contributed by atoms with van der Waals surface area (Å²) in [5.74, 6) is 0.234. The fourth-order valence-corrected chi connectivity index (χ4v) is 3.38. The van der Waals surface area contributed by atoms with Crippen LogP contribution in [0.1, 0.15) is 5.56 Å². The largest absolute Gasteiger partial charge is 0.239 e. The molecule has 0 bridgehead atoms. The van der Waals surface area contributed by atoms with Crippen molar-refractivity contribution in [3.05, 3.63) is 48.3 Å². The summed E-state index contributed by atoms with van der Waals surface area (Å²) in [6, 6.07) is 8.42. The SMILES string of the molecule is NS(=O)(=O)c1cccc(-c2cnn3ncccc23)c1C1=NCN=N1. The highest BCUT2D eigenvalue weighted by molar-refractivity contribution is 7.89. The van der Waals surface area contributed by atoms with Crippen LogP contribution in [-0.4, -0.2) is 35.7 Å². The number of azo groups is 1. The molecule has 0 saturated carbocycles. The molecule has 1 aromatic carbocycles. The molecule has 2 aromatic heterocycles. The quantitative estimate of drug-likeness (QED) is 0.768. The van der Waals surface area contributed by atoms with Crippen LogP contribution >= 0.6 is 0 Å². The maximum Gasteiger partial charge on any atom is 0.238 e. The van der Waals surface area contributed by atoms with E-state index >= 15 is 0 Å². The van der Waals surface area contributed by atoms with Crippen molar-refractivity contribution in [2.75, 3.05) is 6.67 Å². The van der Waals surface area contributed by atoms with Gasteiger partial charge in [0.15, 0.2) is 12.5 Å². The van der Waals surface area contributed by atoms with Crippen molar-refractivity contribution < 1.29 is 8.42 Å². The van der Waals surface area contributed by atoms with E-state index in [1.807, 2.05) is 6.07 Å². The number of nitrogens with zero attached hydrogens (tertiary/aromatic N) is 6. The van der Waals surface area contributed by atoms with Crippen molar-refractivity contribution >= 4 is 21.4 Å². The Morgan fingerprint density at radius 1 is 1.08 bits per heavy atom. The van der Waals surface area contributed by atoms with Gasteiger partial charge >= 0.3 is 0 Å². The number of aromatic nitrogens is 3. The lowest BCUT2D eigenvalue weighted by molar-refractivity contribution is 0.597. The average molecular weight is 341 g/mol. The Morgan fingerprint density at radius 3 is 2.71 bits per heavy atom. The van der Waals surface area contributed by atoms with Crippen LogP contribution < -0.4 is 5.14 Å². The standard InChI is InChI=1S/C14H11N7O2S/c15-24(22,23)12-5-1-3-9(13(12)14-16-8-17-20-14)10-7-19-21-11(10)4-2-6-18-21/h1-7H,8H2,(H2,15,22,23). The van der Waals surface area contributed by atoms with E-state index in [-0.39, 0.29) is 17.4 Å². The van der Waals surface area contributed by atoms with Crippen LogP contribution in [0.5, 0.6) is 0 Å². The first kappa shape index (κ1) is 14.6. The predicted octanol–water partition coefficient (Wildman–Crippen LogP) is 1.21. The molecule has 1 aliphatic heterocycles. The molecule has 2 N–H and O–H groups in total. The lowest BCUT2D eigenvalue weighted by Gasteiger charge is -2.11. The van der Waals surface area contributed by atoms with Gasteiger partial charge in [0.05, 0.1) is 16.6 Å². The summed E-state index contributed by atoms with van der Waals surface area (Å²) < 4.78 is 25.5. The number of hydrogen-bond donors (Lipinski definition) is 1. The monoisotopic (exact) mass is 341 g/mol. The molecule has 3 aromatic rings. The third-order valence-electron chi connectivity index (χ3n) is 3.60. The van der Waals surface area contributed by atoms with Crippen LogP contribution in [0, 0.1) is 0 Å². The zero-order chi connectivity index (χ0) is 16.7. The zero-order valence-corrected chi connectivity index (χ0v) is 13.1. The van der Waals surface area contributed by atoms with E-state index in [9.17, 15) is 8.42 Å². The van der Waals surface area contributed by atoms with Crippen molar-refractivity contribution in [1.82, 2.24) is 14.8 Å². The molecule has 1 aliphatic rings. The van der Waals surface area contributed by atoms with Crippen LogP contribution in [0.3, 0.4) is 0 Å². The molecule has 120 valence electrons. The normalized spacial score (nSPS) is 14.3. The molecule has 9 nitrogen and oxygen atoms in total. The van der Waals surface area contributed by atoms with Crippen LogP contribution in [0.15, 0.2) is 62.8 Å². The lowest BCUT2D eigenvalue weighted by Crippen LogP contribution is -2.17. The molecular formula is C14H11N7O2S. The molecule has 10 heteroatoms. The van der Waals surface area contributed by atoms with E-state index in [1.165, 1.54) is 10.7 Å². The number of hydrogen-bond acceptors (Lipinski definition) is 7. The first-order valence-electron chi connectivity index (χ1n) is 6.93. The molecule has 4 rings (SSSR count). The molecule has 0 amide bonds. The Morgan fingerprint density at radius 2 is 1.96 bits per heavy atom. The van der Waals surface area contributed by atoms with Crippen molar-refractivity contribution in [2.24, 2.45) is 20.4 Å². The number of aliphatic imine (C=N–C) groups is 1. The highest BCUT2D eigenvalue weighted by atomic mass is 32.2. The van der Waals surface area contributed by atoms with Gasteiger partial charge in [0.25, 0.3) is 0 Å².